The summed E-state index contributed by atoms with van der Waals surface area (Å²) < 4.78 is 4.67. The molecule has 0 aliphatic carbocycles. The SMILES string of the molecule is COC[C@H](O)CCCO. The molecule has 0 amide bonds. The smallest absolute Gasteiger partial charge is 0.0774 e. The van der Waals surface area contributed by atoms with Gasteiger partial charge in [-0.05, 0) is 12.8 Å². The summed E-state index contributed by atoms with van der Waals surface area (Å²) in [7, 11) is 1.54. The van der Waals surface area contributed by atoms with E-state index in [0.29, 0.717) is 19.4 Å². The fraction of sp³-hybridized carbons (Fsp3) is 1.00. The summed E-state index contributed by atoms with van der Waals surface area (Å²) in [4.78, 5) is 0. The monoisotopic (exact) mass is 134 g/mol. The van der Waals surface area contributed by atoms with Crippen LogP contribution in [0, 0.1) is 0 Å². The van der Waals surface area contributed by atoms with E-state index in [0.717, 1.165) is 0 Å². The first-order valence-electron chi connectivity index (χ1n) is 3.09. The second-order valence-corrected chi connectivity index (χ2v) is 1.98. The molecule has 0 aromatic heterocycles. The molecule has 0 aliphatic rings. The van der Waals surface area contributed by atoms with E-state index in [9.17, 15) is 0 Å². The quantitative estimate of drug-likeness (QED) is 0.546. The van der Waals surface area contributed by atoms with Crippen LogP contribution in [0.4, 0.5) is 0 Å². The van der Waals surface area contributed by atoms with Crippen LogP contribution in [0.2, 0.25) is 0 Å². The first-order chi connectivity index (χ1) is 4.31. The Balaban J connectivity index is 2.95. The lowest BCUT2D eigenvalue weighted by Crippen LogP contribution is -2.13. The molecule has 0 rings (SSSR count). The maximum Gasteiger partial charge on any atom is 0.0774 e. The third-order valence-electron chi connectivity index (χ3n) is 1.05. The van der Waals surface area contributed by atoms with Gasteiger partial charge in [-0.2, -0.15) is 0 Å². The first-order valence-corrected chi connectivity index (χ1v) is 3.09. The van der Waals surface area contributed by atoms with Gasteiger partial charge in [0.1, 0.15) is 0 Å². The number of ether oxygens (including phenoxy) is 1. The summed E-state index contributed by atoms with van der Waals surface area (Å²) in [5, 5.41) is 17.3. The predicted octanol–water partition coefficient (Wildman–Crippen LogP) is -0.234. The lowest BCUT2D eigenvalue weighted by Gasteiger charge is -2.06. The van der Waals surface area contributed by atoms with Gasteiger partial charge in [-0.25, -0.2) is 0 Å². The van der Waals surface area contributed by atoms with Crippen molar-refractivity contribution in [2.75, 3.05) is 20.3 Å². The van der Waals surface area contributed by atoms with Gasteiger partial charge in [0.05, 0.1) is 12.7 Å². The van der Waals surface area contributed by atoms with Gasteiger partial charge in [-0.1, -0.05) is 0 Å². The molecule has 9 heavy (non-hydrogen) atoms. The molecule has 0 saturated carbocycles. The topological polar surface area (TPSA) is 49.7 Å². The molecular formula is C6H14O3. The molecule has 0 aromatic rings. The number of hydrogen-bond acceptors (Lipinski definition) is 3. The highest BCUT2D eigenvalue weighted by atomic mass is 16.5. The highest BCUT2D eigenvalue weighted by Gasteiger charge is 2.00. The molecule has 0 saturated heterocycles. The van der Waals surface area contributed by atoms with Crippen molar-refractivity contribution in [2.45, 2.75) is 18.9 Å². The second-order valence-electron chi connectivity index (χ2n) is 1.98. The van der Waals surface area contributed by atoms with E-state index in [1.54, 1.807) is 7.11 Å². The largest absolute Gasteiger partial charge is 0.396 e. The second kappa shape index (κ2) is 6.01. The van der Waals surface area contributed by atoms with E-state index in [1.807, 2.05) is 0 Å². The molecule has 0 unspecified atom stereocenters. The van der Waals surface area contributed by atoms with Crippen molar-refractivity contribution in [3.63, 3.8) is 0 Å². The van der Waals surface area contributed by atoms with Crippen LogP contribution in [0.5, 0.6) is 0 Å². The van der Waals surface area contributed by atoms with E-state index in [1.165, 1.54) is 0 Å². The van der Waals surface area contributed by atoms with Gasteiger partial charge in [0.2, 0.25) is 0 Å². The molecular weight excluding hydrogens is 120 g/mol. The minimum atomic E-state index is -0.415. The number of hydrogen-bond donors (Lipinski definition) is 2. The molecule has 2 N–H and O–H groups in total. The van der Waals surface area contributed by atoms with Crippen molar-refractivity contribution in [1.82, 2.24) is 0 Å². The van der Waals surface area contributed by atoms with Crippen LogP contribution in [0.15, 0.2) is 0 Å². The minimum absolute atomic E-state index is 0.140. The molecule has 1 atom stereocenters. The van der Waals surface area contributed by atoms with Gasteiger partial charge in [-0.3, -0.25) is 0 Å². The zero-order valence-corrected chi connectivity index (χ0v) is 5.71. The lowest BCUT2D eigenvalue weighted by molar-refractivity contribution is 0.0547. The third kappa shape index (κ3) is 5.76. The van der Waals surface area contributed by atoms with Gasteiger partial charge < -0.3 is 14.9 Å². The summed E-state index contributed by atoms with van der Waals surface area (Å²) in [6.07, 6.45) is 0.844. The maximum absolute atomic E-state index is 8.94. The predicted molar refractivity (Wildman–Crippen MR) is 34.2 cm³/mol. The van der Waals surface area contributed by atoms with Crippen LogP contribution in [0.3, 0.4) is 0 Å². The van der Waals surface area contributed by atoms with Gasteiger partial charge in [-0.15, -0.1) is 0 Å². The summed E-state index contributed by atoms with van der Waals surface area (Å²) in [6.45, 7) is 0.501. The lowest BCUT2D eigenvalue weighted by atomic mass is 10.2. The Kier molecular flexibility index (Phi) is 5.93. The Hall–Kier alpha value is -0.120. The van der Waals surface area contributed by atoms with Crippen LogP contribution in [0.1, 0.15) is 12.8 Å². The van der Waals surface area contributed by atoms with Crippen LogP contribution in [-0.4, -0.2) is 36.6 Å². The van der Waals surface area contributed by atoms with Crippen molar-refractivity contribution in [1.29, 1.82) is 0 Å². The number of rotatable bonds is 5. The third-order valence-corrected chi connectivity index (χ3v) is 1.05. The van der Waals surface area contributed by atoms with Gasteiger partial charge >= 0.3 is 0 Å². The minimum Gasteiger partial charge on any atom is -0.396 e. The van der Waals surface area contributed by atoms with E-state index >= 15 is 0 Å². The molecule has 56 valence electrons. The van der Waals surface area contributed by atoms with Crippen LogP contribution >= 0.6 is 0 Å². The Labute approximate surface area is 55.3 Å². The Bertz CT molecular complexity index is 56.3. The molecule has 0 heterocycles. The first kappa shape index (κ1) is 8.88. The molecule has 3 nitrogen and oxygen atoms in total. The average molecular weight is 134 g/mol. The summed E-state index contributed by atoms with van der Waals surface area (Å²) in [5.74, 6) is 0. The molecule has 0 spiro atoms. The van der Waals surface area contributed by atoms with Crippen LogP contribution in [0.25, 0.3) is 0 Å². The number of aliphatic hydroxyl groups is 2. The van der Waals surface area contributed by atoms with E-state index < -0.39 is 6.10 Å². The maximum atomic E-state index is 8.94. The normalized spacial score (nSPS) is 13.7. The van der Waals surface area contributed by atoms with Crippen molar-refractivity contribution >= 4 is 0 Å². The number of methoxy groups -OCH3 is 1. The van der Waals surface area contributed by atoms with Crippen molar-refractivity contribution in [3.8, 4) is 0 Å². The molecule has 3 heteroatoms. The summed E-state index contributed by atoms with van der Waals surface area (Å²) in [5.41, 5.74) is 0. The summed E-state index contributed by atoms with van der Waals surface area (Å²) in [6, 6.07) is 0. The zero-order valence-electron chi connectivity index (χ0n) is 5.71. The molecule has 0 aromatic carbocycles. The Morgan fingerprint density at radius 1 is 1.56 bits per heavy atom. The molecule has 0 bridgehead atoms. The van der Waals surface area contributed by atoms with E-state index in [-0.39, 0.29) is 6.61 Å². The number of aliphatic hydroxyl groups excluding tert-OH is 2. The van der Waals surface area contributed by atoms with E-state index in [2.05, 4.69) is 4.74 Å². The molecule has 0 fully saturated rings. The average Bonchev–Trinajstić information content (AvgIpc) is 1.85. The molecule has 0 radical (unpaired) electrons. The van der Waals surface area contributed by atoms with E-state index in [4.69, 9.17) is 10.2 Å². The Morgan fingerprint density at radius 2 is 2.22 bits per heavy atom. The van der Waals surface area contributed by atoms with Gasteiger partial charge in [0.25, 0.3) is 0 Å². The van der Waals surface area contributed by atoms with Crippen molar-refractivity contribution in [2.24, 2.45) is 0 Å². The highest BCUT2D eigenvalue weighted by Crippen LogP contribution is 1.95. The molecule has 0 aliphatic heterocycles. The summed E-state index contributed by atoms with van der Waals surface area (Å²) >= 11 is 0. The van der Waals surface area contributed by atoms with Crippen LogP contribution < -0.4 is 0 Å². The fourth-order valence-corrected chi connectivity index (χ4v) is 0.603. The van der Waals surface area contributed by atoms with Crippen molar-refractivity contribution < 1.29 is 14.9 Å². The Morgan fingerprint density at radius 3 is 2.67 bits per heavy atom. The zero-order chi connectivity index (χ0) is 7.11. The van der Waals surface area contributed by atoms with Crippen molar-refractivity contribution in [3.05, 3.63) is 0 Å². The standard InChI is InChI=1S/C6H14O3/c1-9-5-6(8)3-2-4-7/h6-8H,2-5H2,1H3/t6-/m1/s1. The van der Waals surface area contributed by atoms with Gasteiger partial charge in [0, 0.05) is 13.7 Å². The fourth-order valence-electron chi connectivity index (χ4n) is 0.603. The van der Waals surface area contributed by atoms with Gasteiger partial charge in [0.15, 0.2) is 0 Å². The van der Waals surface area contributed by atoms with Crippen LogP contribution in [-0.2, 0) is 4.74 Å². The highest BCUT2D eigenvalue weighted by molar-refractivity contribution is 4.51.